The van der Waals surface area contributed by atoms with Gasteiger partial charge in [-0.2, -0.15) is 0 Å². The second kappa shape index (κ2) is 9.64. The molecule has 0 aliphatic heterocycles. The summed E-state index contributed by atoms with van der Waals surface area (Å²) >= 11 is 0. The van der Waals surface area contributed by atoms with Gasteiger partial charge in [0.05, 0.1) is 12.2 Å². The van der Waals surface area contributed by atoms with Gasteiger partial charge in [-0.3, -0.25) is 15.1 Å². The first-order chi connectivity index (χ1) is 14.0. The van der Waals surface area contributed by atoms with Gasteiger partial charge in [0.25, 0.3) is 5.91 Å². The van der Waals surface area contributed by atoms with E-state index >= 15 is 0 Å². The molecule has 3 aromatic rings. The van der Waals surface area contributed by atoms with Gasteiger partial charge in [-0.05, 0) is 73.4 Å². The lowest BCUT2D eigenvalue weighted by Gasteiger charge is -2.13. The minimum absolute atomic E-state index is 0.205. The minimum atomic E-state index is -0.205. The molecule has 0 unspecified atom stereocenters. The van der Waals surface area contributed by atoms with Gasteiger partial charge in [-0.15, -0.1) is 0 Å². The average Bonchev–Trinajstić information content (AvgIpc) is 2.75. The fraction of sp³-hybridized carbons (Fsp3) is 0.208. The summed E-state index contributed by atoms with van der Waals surface area (Å²) in [7, 11) is 0. The summed E-state index contributed by atoms with van der Waals surface area (Å²) in [6.07, 6.45) is 2.67. The predicted molar refractivity (Wildman–Crippen MR) is 118 cm³/mol. The number of carbonyl (C=O) groups is 1. The van der Waals surface area contributed by atoms with Crippen LogP contribution in [0, 0.1) is 13.8 Å². The Bertz CT molecular complexity index is 995. The van der Waals surface area contributed by atoms with Crippen molar-refractivity contribution in [3.63, 3.8) is 0 Å². The third-order valence-corrected chi connectivity index (χ3v) is 4.75. The maximum Gasteiger partial charge on any atom is 0.257 e. The minimum Gasteiger partial charge on any atom is -0.326 e. The number of aliphatic imine (C=N–C) groups is 1. The molecule has 2 aromatic carbocycles. The lowest BCUT2D eigenvalue weighted by molar-refractivity contribution is 0.0977. The van der Waals surface area contributed by atoms with E-state index in [2.05, 4.69) is 41.4 Å². The molecule has 148 valence electrons. The van der Waals surface area contributed by atoms with E-state index in [1.165, 1.54) is 16.7 Å². The molecule has 0 saturated heterocycles. The largest absolute Gasteiger partial charge is 0.326 e. The summed E-state index contributed by atoms with van der Waals surface area (Å²) in [6.45, 7) is 6.57. The summed E-state index contributed by atoms with van der Waals surface area (Å²) in [6, 6.07) is 19.3. The van der Waals surface area contributed by atoms with E-state index in [1.54, 1.807) is 6.20 Å². The first-order valence-corrected chi connectivity index (χ1v) is 9.74. The van der Waals surface area contributed by atoms with Crippen LogP contribution in [0.3, 0.4) is 0 Å². The summed E-state index contributed by atoms with van der Waals surface area (Å²) in [5.41, 5.74) is 5.86. The van der Waals surface area contributed by atoms with Crippen LogP contribution in [0.4, 0.5) is 5.69 Å². The average molecular weight is 386 g/mol. The highest BCUT2D eigenvalue weighted by Crippen LogP contribution is 2.14. The fourth-order valence-corrected chi connectivity index (χ4v) is 2.79. The molecule has 0 aliphatic rings. The highest BCUT2D eigenvalue weighted by atomic mass is 16.1. The van der Waals surface area contributed by atoms with Crippen molar-refractivity contribution in [2.45, 2.75) is 33.7 Å². The van der Waals surface area contributed by atoms with E-state index in [0.29, 0.717) is 18.1 Å². The number of pyridine rings is 1. The standard InChI is InChI=1S/C24H26N4O/c1-4-19-9-11-20(12-10-19)23(29)28-24(26-16-22-7-5-6-14-25-22)27-21-13-8-17(2)18(3)15-21/h5-15H,4,16H2,1-3H3,(H2,26,27,28,29). The van der Waals surface area contributed by atoms with Gasteiger partial charge in [0.2, 0.25) is 5.96 Å². The molecule has 0 spiro atoms. The second-order valence-corrected chi connectivity index (χ2v) is 6.91. The van der Waals surface area contributed by atoms with Crippen LogP contribution in [0.15, 0.2) is 71.9 Å². The number of rotatable bonds is 5. The van der Waals surface area contributed by atoms with Crippen LogP contribution < -0.4 is 10.6 Å². The lowest BCUT2D eigenvalue weighted by Crippen LogP contribution is -2.36. The number of benzene rings is 2. The van der Waals surface area contributed by atoms with Crippen molar-refractivity contribution in [3.05, 3.63) is 94.8 Å². The molecule has 0 aliphatic carbocycles. The Kier molecular flexibility index (Phi) is 6.74. The molecule has 5 nitrogen and oxygen atoms in total. The molecule has 1 amide bonds. The first kappa shape index (κ1) is 20.3. The number of nitrogens with zero attached hydrogens (tertiary/aromatic N) is 2. The summed E-state index contributed by atoms with van der Waals surface area (Å²) in [4.78, 5) is 21.6. The van der Waals surface area contributed by atoms with E-state index < -0.39 is 0 Å². The number of anilines is 1. The van der Waals surface area contributed by atoms with Crippen LogP contribution in [0.5, 0.6) is 0 Å². The molecule has 1 aromatic heterocycles. The molecule has 2 N–H and O–H groups in total. The number of nitrogens with one attached hydrogen (secondary N) is 2. The van der Waals surface area contributed by atoms with E-state index in [-0.39, 0.29) is 5.91 Å². The number of aryl methyl sites for hydroxylation is 3. The number of hydrogen-bond acceptors (Lipinski definition) is 3. The Balaban J connectivity index is 1.80. The van der Waals surface area contributed by atoms with Gasteiger partial charge in [-0.25, -0.2) is 4.99 Å². The molecule has 0 radical (unpaired) electrons. The van der Waals surface area contributed by atoms with Crippen molar-refractivity contribution in [1.82, 2.24) is 10.3 Å². The van der Waals surface area contributed by atoms with Crippen molar-refractivity contribution in [2.24, 2.45) is 4.99 Å². The van der Waals surface area contributed by atoms with Gasteiger partial charge in [0.1, 0.15) is 0 Å². The number of guanidine groups is 1. The summed E-state index contributed by atoms with van der Waals surface area (Å²) < 4.78 is 0. The monoisotopic (exact) mass is 386 g/mol. The van der Waals surface area contributed by atoms with Gasteiger partial charge in [0.15, 0.2) is 0 Å². The Morgan fingerprint density at radius 1 is 1.00 bits per heavy atom. The molecule has 0 atom stereocenters. The fourth-order valence-electron chi connectivity index (χ4n) is 2.79. The maximum atomic E-state index is 12.7. The number of aromatic nitrogens is 1. The first-order valence-electron chi connectivity index (χ1n) is 9.74. The molecule has 1 heterocycles. The zero-order valence-electron chi connectivity index (χ0n) is 17.1. The second-order valence-electron chi connectivity index (χ2n) is 6.91. The Morgan fingerprint density at radius 2 is 1.79 bits per heavy atom. The van der Waals surface area contributed by atoms with Gasteiger partial charge in [0, 0.05) is 17.4 Å². The third-order valence-electron chi connectivity index (χ3n) is 4.75. The summed E-state index contributed by atoms with van der Waals surface area (Å²) in [5.74, 6) is 0.187. The molecule has 0 bridgehead atoms. The van der Waals surface area contributed by atoms with Gasteiger partial charge in [-0.1, -0.05) is 31.2 Å². The van der Waals surface area contributed by atoms with Crippen molar-refractivity contribution in [3.8, 4) is 0 Å². The SMILES string of the molecule is CCc1ccc(C(=O)NC(=NCc2ccccn2)Nc2ccc(C)c(C)c2)cc1. The Hall–Kier alpha value is -3.47. The van der Waals surface area contributed by atoms with E-state index in [0.717, 1.165) is 17.8 Å². The van der Waals surface area contributed by atoms with E-state index in [9.17, 15) is 4.79 Å². The number of amides is 1. The van der Waals surface area contributed by atoms with Crippen LogP contribution in [0.1, 0.15) is 39.7 Å². The Labute approximate surface area is 171 Å². The van der Waals surface area contributed by atoms with Crippen molar-refractivity contribution in [2.75, 3.05) is 5.32 Å². The highest BCUT2D eigenvalue weighted by molar-refractivity contribution is 6.10. The van der Waals surface area contributed by atoms with Gasteiger partial charge >= 0.3 is 0 Å². The van der Waals surface area contributed by atoms with Crippen molar-refractivity contribution >= 4 is 17.6 Å². The molecule has 0 fully saturated rings. The zero-order valence-corrected chi connectivity index (χ0v) is 17.1. The van der Waals surface area contributed by atoms with Gasteiger partial charge < -0.3 is 5.32 Å². The topological polar surface area (TPSA) is 66.4 Å². The molecule has 3 rings (SSSR count). The molecular formula is C24H26N4O. The van der Waals surface area contributed by atoms with E-state index in [1.807, 2.05) is 60.7 Å². The number of hydrogen-bond donors (Lipinski definition) is 2. The molecule has 0 saturated carbocycles. The quantitative estimate of drug-likeness (QED) is 0.495. The third kappa shape index (κ3) is 5.75. The predicted octanol–water partition coefficient (Wildman–Crippen LogP) is 4.66. The smallest absolute Gasteiger partial charge is 0.257 e. The van der Waals surface area contributed by atoms with Crippen molar-refractivity contribution in [1.29, 1.82) is 0 Å². The van der Waals surface area contributed by atoms with E-state index in [4.69, 9.17) is 0 Å². The molecule has 29 heavy (non-hydrogen) atoms. The zero-order chi connectivity index (χ0) is 20.6. The van der Waals surface area contributed by atoms with Crippen LogP contribution in [-0.4, -0.2) is 16.9 Å². The van der Waals surface area contributed by atoms with Crippen molar-refractivity contribution < 1.29 is 4.79 Å². The molecular weight excluding hydrogens is 360 g/mol. The maximum absolute atomic E-state index is 12.7. The van der Waals surface area contributed by atoms with Crippen LogP contribution in [0.2, 0.25) is 0 Å². The lowest BCUT2D eigenvalue weighted by atomic mass is 10.1. The van der Waals surface area contributed by atoms with Crippen LogP contribution in [0.25, 0.3) is 0 Å². The number of carbonyl (C=O) groups excluding carboxylic acids is 1. The Morgan fingerprint density at radius 3 is 2.45 bits per heavy atom. The van der Waals surface area contributed by atoms with Crippen LogP contribution >= 0.6 is 0 Å². The van der Waals surface area contributed by atoms with Crippen LogP contribution in [-0.2, 0) is 13.0 Å². The normalized spacial score (nSPS) is 11.2. The summed E-state index contributed by atoms with van der Waals surface area (Å²) in [5, 5.41) is 6.13. The highest BCUT2D eigenvalue weighted by Gasteiger charge is 2.10. The molecule has 5 heteroatoms.